The quantitative estimate of drug-likeness (QED) is 0.0488. The van der Waals surface area contributed by atoms with Gasteiger partial charge >= 0.3 is 167 Å². The molecule has 2 aromatic carbocycles. The van der Waals surface area contributed by atoms with Gasteiger partial charge in [0.2, 0.25) is 0 Å². The maximum Gasteiger partial charge on any atom is 0.126 e. The van der Waals surface area contributed by atoms with Gasteiger partial charge in [-0.3, -0.25) is 9.59 Å². The van der Waals surface area contributed by atoms with Gasteiger partial charge in [-0.15, -0.1) is 0 Å². The number of hydrogen-bond acceptors (Lipinski definition) is 13. The fourth-order valence-electron chi connectivity index (χ4n) is 13.6. The molecule has 18 atom stereocenters. The molecule has 3 aliphatic rings. The van der Waals surface area contributed by atoms with Crippen molar-refractivity contribution in [3.05, 3.63) is 60.7 Å². The van der Waals surface area contributed by atoms with E-state index in [1.54, 1.807) is 39.5 Å². The average molecular weight is 1100 g/mol. The summed E-state index contributed by atoms with van der Waals surface area (Å²) in [5.74, 6) is -3.59. The van der Waals surface area contributed by atoms with Gasteiger partial charge in [-0.2, -0.15) is 0 Å². The largest absolute Gasteiger partial charge is 0.388 e. The first-order valence-corrected chi connectivity index (χ1v) is 32.2. The summed E-state index contributed by atoms with van der Waals surface area (Å²) in [6, 6.07) is 20.9. The number of amides is 1. The molecule has 0 saturated carbocycles. The number of nitrogens with zero attached hydrogens (tertiary/aromatic N) is 2. The summed E-state index contributed by atoms with van der Waals surface area (Å²) >= 11 is 0. The summed E-state index contributed by atoms with van der Waals surface area (Å²) in [5, 5.41) is 63.7. The molecule has 3 fully saturated rings. The van der Waals surface area contributed by atoms with Crippen LogP contribution in [0.3, 0.4) is 0 Å². The second kappa shape index (κ2) is 28.9. The van der Waals surface area contributed by atoms with Crippen molar-refractivity contribution in [1.29, 1.82) is 0 Å². The van der Waals surface area contributed by atoms with Gasteiger partial charge in [-0.1, -0.05) is 27.7 Å². The first-order chi connectivity index (χ1) is 36.2. The van der Waals surface area contributed by atoms with Crippen molar-refractivity contribution in [2.45, 2.75) is 243 Å². The smallest absolute Gasteiger partial charge is 0.126 e. The minimum Gasteiger partial charge on any atom is -0.388 e. The van der Waals surface area contributed by atoms with Crippen LogP contribution in [0.15, 0.2) is 60.7 Å². The van der Waals surface area contributed by atoms with Crippen molar-refractivity contribution in [2.75, 3.05) is 40.6 Å². The van der Waals surface area contributed by atoms with E-state index in [4.69, 9.17) is 23.7 Å². The monoisotopic (exact) mass is 1100 g/mol. The Morgan fingerprint density at radius 2 is 1.34 bits per heavy atom. The fraction of sp³-hybridized carbons (Fsp3) is 0.774. The fourth-order valence-corrected chi connectivity index (χ4v) is 17.3. The van der Waals surface area contributed by atoms with Gasteiger partial charge in [-0.05, 0) is 86.7 Å². The molecule has 15 heteroatoms. The van der Waals surface area contributed by atoms with Crippen molar-refractivity contribution < 1.29 is 58.8 Å². The molecular formula is C62H105N2O12P. The Labute approximate surface area is 464 Å². The molecule has 0 spiro atoms. The van der Waals surface area contributed by atoms with Gasteiger partial charge < -0.3 is 59.0 Å². The summed E-state index contributed by atoms with van der Waals surface area (Å²) in [6.45, 7) is 20.4. The molecule has 0 aliphatic carbocycles. The number of esters is 1. The third-order valence-corrected chi connectivity index (χ3v) is 23.0. The zero-order valence-corrected chi connectivity index (χ0v) is 50.7. The van der Waals surface area contributed by atoms with Crippen LogP contribution in [-0.4, -0.2) is 172 Å². The second-order valence-electron chi connectivity index (χ2n) is 25.1. The molecule has 3 heterocycles. The summed E-state index contributed by atoms with van der Waals surface area (Å²) in [6.07, 6.45) is 3.44. The minimum atomic E-state index is -1.97. The molecular weight excluding hydrogens is 996 g/mol. The number of carbonyl (C=O) groups is 2. The summed E-state index contributed by atoms with van der Waals surface area (Å²) in [5.41, 5.74) is -4.70. The topological polar surface area (TPSA) is 188 Å². The van der Waals surface area contributed by atoms with Crippen LogP contribution in [0.1, 0.15) is 159 Å². The normalized spacial score (nSPS) is 37.4. The van der Waals surface area contributed by atoms with Crippen molar-refractivity contribution in [3.63, 3.8) is 0 Å². The number of carbonyl (C=O) groups excluding carboxylic acids is 2. The Bertz CT molecular complexity index is 2040. The number of aliphatic hydroxyl groups excluding tert-OH is 3. The number of aliphatic hydroxyl groups is 5. The maximum absolute atomic E-state index is 14.8. The van der Waals surface area contributed by atoms with Crippen LogP contribution in [0.4, 0.5) is 0 Å². The average Bonchev–Trinajstić information content (AvgIpc) is 3.39. The first kappa shape index (κ1) is 65.2. The Kier molecular flexibility index (Phi) is 24.5. The number of unbranched alkanes of at least 4 members (excludes halogenated alkanes) is 8. The molecule has 14 nitrogen and oxygen atoms in total. The molecule has 5 rings (SSSR count). The predicted molar refractivity (Wildman–Crippen MR) is 309 cm³/mol. The van der Waals surface area contributed by atoms with Gasteiger partial charge in [0.05, 0.1) is 47.6 Å². The van der Waals surface area contributed by atoms with Crippen molar-refractivity contribution in [1.82, 2.24) is 9.80 Å². The van der Waals surface area contributed by atoms with Crippen LogP contribution >= 0.6 is 7.26 Å². The van der Waals surface area contributed by atoms with Crippen molar-refractivity contribution in [2.24, 2.45) is 23.7 Å². The Morgan fingerprint density at radius 3 is 1.87 bits per heavy atom. The number of likely N-dealkylation sites (N-methyl/N-ethyl adjacent to an activating group) is 1. The third-order valence-electron chi connectivity index (χ3n) is 18.5. The summed E-state index contributed by atoms with van der Waals surface area (Å²) in [7, 11) is 3.50. The molecule has 440 valence electrons. The number of rotatable bonds is 20. The van der Waals surface area contributed by atoms with Crippen LogP contribution in [0.5, 0.6) is 0 Å². The van der Waals surface area contributed by atoms with Crippen molar-refractivity contribution in [3.8, 4) is 0 Å². The second-order valence-corrected chi connectivity index (χ2v) is 29.4. The van der Waals surface area contributed by atoms with E-state index in [0.29, 0.717) is 12.8 Å². The van der Waals surface area contributed by atoms with Crippen LogP contribution in [0.2, 0.25) is 0 Å². The summed E-state index contributed by atoms with van der Waals surface area (Å²) < 4.78 is 32.1. The molecule has 0 aromatic heterocycles. The molecule has 0 bridgehead atoms. The van der Waals surface area contributed by atoms with E-state index in [2.05, 4.69) is 67.3 Å². The number of cyclic esters (lactones) is 1. The van der Waals surface area contributed by atoms with Gasteiger partial charge in [0.1, 0.15) is 30.0 Å². The number of benzene rings is 2. The molecule has 5 N–H and O–H groups in total. The Morgan fingerprint density at radius 1 is 0.792 bits per heavy atom. The van der Waals surface area contributed by atoms with Gasteiger partial charge in [-0.25, -0.2) is 0 Å². The van der Waals surface area contributed by atoms with Crippen LogP contribution < -0.4 is 10.6 Å². The van der Waals surface area contributed by atoms with Crippen LogP contribution in [-0.2, 0) is 33.3 Å². The van der Waals surface area contributed by atoms with E-state index >= 15 is 0 Å². The van der Waals surface area contributed by atoms with Crippen LogP contribution in [0, 0.1) is 23.7 Å². The molecule has 1 amide bonds. The van der Waals surface area contributed by atoms with E-state index in [1.165, 1.54) is 56.5 Å². The van der Waals surface area contributed by atoms with E-state index in [-0.39, 0.29) is 56.2 Å². The predicted octanol–water partition coefficient (Wildman–Crippen LogP) is 8.00. The molecule has 0 radical (unpaired) electrons. The van der Waals surface area contributed by atoms with Gasteiger partial charge in [0, 0.05) is 32.0 Å². The van der Waals surface area contributed by atoms with Crippen LogP contribution in [0.25, 0.3) is 0 Å². The molecule has 3 saturated heterocycles. The Balaban J connectivity index is 1.32. The molecule has 77 heavy (non-hydrogen) atoms. The zero-order chi connectivity index (χ0) is 57.0. The van der Waals surface area contributed by atoms with Crippen molar-refractivity contribution >= 4 is 29.7 Å². The standard InChI is InChI=1S/C62H105N2O12P/c1-15-51-62(10,71)55(67)45(6)64(52(65)35-29-21-19-17-16-18-20-22-30-36-77(14,47-31-25-23-26-32-47)48-33-27-24-28-34-48)40-41(2)38-60(8,70)57(76-59-54(66)49(63(11)12)37-42(3)73-59)43(4)53(44(5)58(69)75-51)50-39-61(9,72-13)56(68)46(7)74-50/h23-28,31-34,41-46,49-51,53-57,59,66-68,70-71,77H,15-22,29-30,35-40H2,1-14H3/t41-,42-,43+,44-,45-,46+,49+,50?,51-,53+,54-,55-,56+,57-,59+,60-,61-,62-/m1/s1. The number of ether oxygens (including phenoxy) is 5. The SMILES string of the molecule is CC[C@H]1OC(=O)[C@H](C)[C@@H](C2C[C@@](C)(OC)[C@@H](O)[C@H](C)O2)[C@H](C)[C@@H](O[C@@H]2O[C@H](C)C[C@H](N(C)C)[C@H]2O)[C@](C)(O)C[C@@H](C)CN(C(=O)CCCCCCCCCCC[PH](C)(c2ccccc2)c2ccccc2)[C@H](C)[C@@H](O)[C@]1(C)O. The maximum atomic E-state index is 14.8. The first-order valence-electron chi connectivity index (χ1n) is 29.5. The number of hydrogen-bond donors (Lipinski definition) is 5. The van der Waals surface area contributed by atoms with E-state index in [1.807, 2.05) is 46.7 Å². The minimum absolute atomic E-state index is 0.112. The Hall–Kier alpha value is -2.59. The van der Waals surface area contributed by atoms with E-state index < -0.39 is 103 Å². The van der Waals surface area contributed by atoms with E-state index in [9.17, 15) is 35.1 Å². The number of methoxy groups -OCH3 is 1. The van der Waals surface area contributed by atoms with E-state index in [0.717, 1.165) is 25.7 Å². The van der Waals surface area contributed by atoms with Gasteiger partial charge in [0.15, 0.2) is 6.29 Å². The third kappa shape index (κ3) is 16.3. The zero-order valence-electron chi connectivity index (χ0n) is 49.7. The van der Waals surface area contributed by atoms with Gasteiger partial charge in [0.25, 0.3) is 0 Å². The summed E-state index contributed by atoms with van der Waals surface area (Å²) in [4.78, 5) is 32.9. The molecule has 2 aromatic rings. The molecule has 1 unspecified atom stereocenters. The molecule has 3 aliphatic heterocycles.